The van der Waals surface area contributed by atoms with Crippen molar-refractivity contribution in [2.24, 2.45) is 0 Å². The molecule has 0 aliphatic carbocycles. The van der Waals surface area contributed by atoms with Crippen LogP contribution in [0, 0.1) is 0 Å². The standard InChI is InChI=1S/C15H8F6O2/c16-14(17,18)10-3-1-2-8(6-10)9-4-5-12(15(19,20)21)11(7-9)13(22)23/h1-7H,(H,22,23). The zero-order valence-corrected chi connectivity index (χ0v) is 11.2. The fraction of sp³-hybridized carbons (Fsp3) is 0.133. The Morgan fingerprint density at radius 2 is 1.43 bits per heavy atom. The van der Waals surface area contributed by atoms with Gasteiger partial charge in [-0.1, -0.05) is 18.2 Å². The van der Waals surface area contributed by atoms with Crippen molar-refractivity contribution in [1.29, 1.82) is 0 Å². The van der Waals surface area contributed by atoms with Crippen LogP contribution >= 0.6 is 0 Å². The molecular formula is C15H8F6O2. The summed E-state index contributed by atoms with van der Waals surface area (Å²) in [6, 6.07) is 6.09. The van der Waals surface area contributed by atoms with Crippen LogP contribution in [0.2, 0.25) is 0 Å². The minimum absolute atomic E-state index is 0.0314. The third-order valence-corrected chi connectivity index (χ3v) is 3.08. The molecule has 0 aliphatic heterocycles. The smallest absolute Gasteiger partial charge is 0.417 e. The van der Waals surface area contributed by atoms with Crippen molar-refractivity contribution >= 4 is 5.97 Å². The molecule has 0 saturated heterocycles. The molecule has 2 aromatic carbocycles. The molecule has 2 rings (SSSR count). The Bertz CT molecular complexity index is 746. The van der Waals surface area contributed by atoms with Crippen molar-refractivity contribution in [3.05, 3.63) is 59.2 Å². The average Bonchev–Trinajstić information content (AvgIpc) is 2.45. The molecule has 2 aromatic rings. The molecule has 0 heterocycles. The van der Waals surface area contributed by atoms with E-state index in [1.165, 1.54) is 6.07 Å². The lowest BCUT2D eigenvalue weighted by atomic mass is 9.97. The molecule has 0 spiro atoms. The van der Waals surface area contributed by atoms with Crippen molar-refractivity contribution in [3.63, 3.8) is 0 Å². The van der Waals surface area contributed by atoms with E-state index in [0.717, 1.165) is 24.3 Å². The van der Waals surface area contributed by atoms with E-state index in [4.69, 9.17) is 5.11 Å². The lowest BCUT2D eigenvalue weighted by Crippen LogP contribution is -2.13. The highest BCUT2D eigenvalue weighted by Gasteiger charge is 2.35. The summed E-state index contributed by atoms with van der Waals surface area (Å²) in [7, 11) is 0. The number of halogens is 6. The Morgan fingerprint density at radius 1 is 0.826 bits per heavy atom. The van der Waals surface area contributed by atoms with Gasteiger partial charge in [-0.15, -0.1) is 0 Å². The molecule has 0 aliphatic rings. The summed E-state index contributed by atoms with van der Waals surface area (Å²) in [6.07, 6.45) is -9.49. The summed E-state index contributed by atoms with van der Waals surface area (Å²) in [5.41, 5.74) is -3.45. The predicted octanol–water partition coefficient (Wildman–Crippen LogP) is 5.09. The topological polar surface area (TPSA) is 37.3 Å². The minimum atomic E-state index is -4.87. The summed E-state index contributed by atoms with van der Waals surface area (Å²) in [5, 5.41) is 8.90. The second kappa shape index (κ2) is 5.60. The van der Waals surface area contributed by atoms with Crippen LogP contribution in [0.3, 0.4) is 0 Å². The second-order valence-electron chi connectivity index (χ2n) is 4.64. The van der Waals surface area contributed by atoms with E-state index in [2.05, 4.69) is 0 Å². The number of alkyl halides is 6. The molecule has 0 bridgehead atoms. The summed E-state index contributed by atoms with van der Waals surface area (Å²) in [5.74, 6) is -1.81. The molecule has 0 unspecified atom stereocenters. The quantitative estimate of drug-likeness (QED) is 0.777. The van der Waals surface area contributed by atoms with Crippen molar-refractivity contribution in [2.75, 3.05) is 0 Å². The third-order valence-electron chi connectivity index (χ3n) is 3.08. The number of rotatable bonds is 2. The van der Waals surface area contributed by atoms with E-state index < -0.39 is 35.0 Å². The van der Waals surface area contributed by atoms with Gasteiger partial charge in [0.1, 0.15) is 0 Å². The predicted molar refractivity (Wildman–Crippen MR) is 68.8 cm³/mol. The van der Waals surface area contributed by atoms with Crippen molar-refractivity contribution < 1.29 is 36.2 Å². The van der Waals surface area contributed by atoms with E-state index in [9.17, 15) is 31.1 Å². The molecule has 122 valence electrons. The Kier molecular flexibility index (Phi) is 4.10. The second-order valence-corrected chi connectivity index (χ2v) is 4.64. The van der Waals surface area contributed by atoms with Gasteiger partial charge in [-0.3, -0.25) is 0 Å². The first-order valence-electron chi connectivity index (χ1n) is 6.12. The maximum absolute atomic E-state index is 12.8. The Labute approximate surface area is 126 Å². The average molecular weight is 334 g/mol. The van der Waals surface area contributed by atoms with Crippen molar-refractivity contribution in [3.8, 4) is 11.1 Å². The van der Waals surface area contributed by atoms with Gasteiger partial charge in [0.2, 0.25) is 0 Å². The molecule has 23 heavy (non-hydrogen) atoms. The monoisotopic (exact) mass is 334 g/mol. The number of aromatic carboxylic acids is 1. The maximum Gasteiger partial charge on any atom is 0.417 e. The Balaban J connectivity index is 2.58. The van der Waals surface area contributed by atoms with E-state index in [1.807, 2.05) is 0 Å². The van der Waals surface area contributed by atoms with E-state index >= 15 is 0 Å². The molecule has 0 amide bonds. The summed E-state index contributed by atoms with van der Waals surface area (Å²) < 4.78 is 76.3. The first-order chi connectivity index (χ1) is 10.5. The molecule has 1 N–H and O–H groups in total. The Hall–Kier alpha value is -2.51. The van der Waals surface area contributed by atoms with Crippen LogP contribution in [0.5, 0.6) is 0 Å². The molecule has 0 saturated carbocycles. The van der Waals surface area contributed by atoms with Crippen LogP contribution < -0.4 is 0 Å². The normalized spacial score (nSPS) is 12.3. The summed E-state index contributed by atoms with van der Waals surface area (Å²) in [6.45, 7) is 0. The molecule has 0 atom stereocenters. The van der Waals surface area contributed by atoms with Crippen molar-refractivity contribution in [2.45, 2.75) is 12.4 Å². The van der Waals surface area contributed by atoms with Crippen LogP contribution in [0.25, 0.3) is 11.1 Å². The van der Waals surface area contributed by atoms with Crippen LogP contribution in [0.1, 0.15) is 21.5 Å². The number of carboxylic acid groups (broad SMARTS) is 1. The Morgan fingerprint density at radius 3 is 1.96 bits per heavy atom. The highest BCUT2D eigenvalue weighted by Crippen LogP contribution is 2.36. The van der Waals surface area contributed by atoms with Gasteiger partial charge in [0, 0.05) is 0 Å². The number of benzene rings is 2. The fourth-order valence-corrected chi connectivity index (χ4v) is 2.02. The number of hydrogen-bond donors (Lipinski definition) is 1. The molecule has 0 fully saturated rings. The van der Waals surface area contributed by atoms with Gasteiger partial charge >= 0.3 is 18.3 Å². The highest BCUT2D eigenvalue weighted by molar-refractivity contribution is 5.91. The van der Waals surface area contributed by atoms with Gasteiger partial charge in [-0.2, -0.15) is 26.3 Å². The molecule has 0 aromatic heterocycles. The van der Waals surface area contributed by atoms with Gasteiger partial charge in [-0.05, 0) is 35.4 Å². The largest absolute Gasteiger partial charge is 0.478 e. The number of carboxylic acids is 1. The van der Waals surface area contributed by atoms with Crippen LogP contribution in [0.15, 0.2) is 42.5 Å². The van der Waals surface area contributed by atoms with Crippen LogP contribution in [-0.2, 0) is 12.4 Å². The van der Waals surface area contributed by atoms with Crippen LogP contribution in [0.4, 0.5) is 26.3 Å². The van der Waals surface area contributed by atoms with Gasteiger partial charge in [0.15, 0.2) is 0 Å². The number of hydrogen-bond acceptors (Lipinski definition) is 1. The van der Waals surface area contributed by atoms with Gasteiger partial charge in [-0.25, -0.2) is 4.79 Å². The van der Waals surface area contributed by atoms with Gasteiger partial charge in [0.25, 0.3) is 0 Å². The van der Waals surface area contributed by atoms with Gasteiger partial charge < -0.3 is 5.11 Å². The lowest BCUT2D eigenvalue weighted by Gasteiger charge is -2.13. The first-order valence-corrected chi connectivity index (χ1v) is 6.12. The lowest BCUT2D eigenvalue weighted by molar-refractivity contribution is -0.138. The molecular weight excluding hydrogens is 326 g/mol. The summed E-state index contributed by atoms with van der Waals surface area (Å²) >= 11 is 0. The van der Waals surface area contributed by atoms with E-state index in [1.54, 1.807) is 0 Å². The van der Waals surface area contributed by atoms with E-state index in [0.29, 0.717) is 12.1 Å². The van der Waals surface area contributed by atoms with Gasteiger partial charge in [0.05, 0.1) is 16.7 Å². The third kappa shape index (κ3) is 3.64. The fourth-order valence-electron chi connectivity index (χ4n) is 2.02. The highest BCUT2D eigenvalue weighted by atomic mass is 19.4. The zero-order chi connectivity index (χ0) is 17.4. The number of carbonyl (C=O) groups is 1. The minimum Gasteiger partial charge on any atom is -0.478 e. The van der Waals surface area contributed by atoms with E-state index in [-0.39, 0.29) is 11.1 Å². The van der Waals surface area contributed by atoms with Crippen LogP contribution in [-0.4, -0.2) is 11.1 Å². The van der Waals surface area contributed by atoms with Crippen molar-refractivity contribution in [1.82, 2.24) is 0 Å². The first kappa shape index (κ1) is 16.9. The molecule has 2 nitrogen and oxygen atoms in total. The molecule has 8 heteroatoms. The maximum atomic E-state index is 12.8. The summed E-state index contributed by atoms with van der Waals surface area (Å²) in [4.78, 5) is 11.0. The molecule has 0 radical (unpaired) electrons. The zero-order valence-electron chi connectivity index (χ0n) is 11.2. The SMILES string of the molecule is O=C(O)c1cc(-c2cccc(C(F)(F)F)c2)ccc1C(F)(F)F.